The number of carbonyl (C=O) groups is 1. The van der Waals surface area contributed by atoms with Crippen LogP contribution in [0.3, 0.4) is 0 Å². The first-order chi connectivity index (χ1) is 6.38. The van der Waals surface area contributed by atoms with Crippen molar-refractivity contribution in [3.05, 3.63) is 0 Å². The van der Waals surface area contributed by atoms with Gasteiger partial charge in [0.05, 0.1) is 5.92 Å². The molecule has 0 saturated carbocycles. The molecule has 1 rings (SSSR count). The van der Waals surface area contributed by atoms with Crippen molar-refractivity contribution >= 4 is 12.9 Å². The van der Waals surface area contributed by atoms with E-state index in [2.05, 4.69) is 0 Å². The smallest absolute Gasteiger partial charge is 0.481 e. The van der Waals surface area contributed by atoms with Crippen LogP contribution in [0.1, 0.15) is 12.8 Å². The normalized spacial score (nSPS) is 19.7. The molecule has 0 radical (unpaired) electrons. The Bertz CT molecular complexity index is 219. The fraction of sp³-hybridized carbons (Fsp3) is 0.857. The van der Waals surface area contributed by atoms with Gasteiger partial charge in [-0.3, -0.25) is 4.79 Å². The van der Waals surface area contributed by atoms with Crippen LogP contribution in [-0.2, 0) is 4.79 Å². The van der Waals surface area contributed by atoms with Gasteiger partial charge in [-0.05, 0) is 32.4 Å². The molecule has 15 heavy (non-hydrogen) atoms. The molecule has 0 spiro atoms. The Hall–Kier alpha value is 0.921. The van der Waals surface area contributed by atoms with Crippen molar-refractivity contribution in [2.45, 2.75) is 12.8 Å². The van der Waals surface area contributed by atoms with E-state index >= 15 is 0 Å². The van der Waals surface area contributed by atoms with E-state index in [9.17, 15) is 17.7 Å². The molecule has 1 aliphatic heterocycles. The maximum atomic E-state index is 12.0. The molecule has 0 unspecified atom stereocenters. The van der Waals surface area contributed by atoms with E-state index in [0.717, 1.165) is 0 Å². The number of rotatable bonds is 3. The van der Waals surface area contributed by atoms with Crippen molar-refractivity contribution in [3.8, 4) is 0 Å². The van der Waals surface area contributed by atoms with Crippen LogP contribution in [0.5, 0.6) is 0 Å². The molecular formula is C7H12BF3KNO2. The Labute approximate surface area is 129 Å². The van der Waals surface area contributed by atoms with E-state index in [1.165, 1.54) is 4.90 Å². The van der Waals surface area contributed by atoms with E-state index in [1.54, 1.807) is 0 Å². The minimum atomic E-state index is -4.78. The summed E-state index contributed by atoms with van der Waals surface area (Å²) in [5, 5.41) is 8.62. The molecule has 0 aromatic rings. The Morgan fingerprint density at radius 3 is 2.13 bits per heavy atom. The van der Waals surface area contributed by atoms with Gasteiger partial charge in [-0.15, -0.1) is 0 Å². The van der Waals surface area contributed by atoms with Gasteiger partial charge < -0.3 is 23.0 Å². The van der Waals surface area contributed by atoms with Crippen LogP contribution in [-0.4, -0.2) is 42.5 Å². The third-order valence-corrected chi connectivity index (χ3v) is 2.40. The molecule has 1 fully saturated rings. The second-order valence-electron chi connectivity index (χ2n) is 3.62. The molecule has 0 aliphatic carbocycles. The molecule has 0 atom stereocenters. The zero-order chi connectivity index (χ0) is 10.8. The van der Waals surface area contributed by atoms with E-state index < -0.39 is 25.3 Å². The molecular weight excluding hydrogens is 237 g/mol. The number of piperidine rings is 1. The zero-order valence-electron chi connectivity index (χ0n) is 8.63. The van der Waals surface area contributed by atoms with Crippen molar-refractivity contribution in [3.63, 3.8) is 0 Å². The van der Waals surface area contributed by atoms with Gasteiger partial charge in [0.15, 0.2) is 0 Å². The molecule has 1 saturated heterocycles. The zero-order valence-corrected chi connectivity index (χ0v) is 11.7. The van der Waals surface area contributed by atoms with Crippen molar-refractivity contribution in [2.24, 2.45) is 5.92 Å². The summed E-state index contributed by atoms with van der Waals surface area (Å²) in [7, 11) is 0. The maximum absolute atomic E-state index is 12.0. The number of carboxylic acids is 1. The molecule has 1 N–H and O–H groups in total. The second kappa shape index (κ2) is 6.61. The van der Waals surface area contributed by atoms with Gasteiger partial charge in [0, 0.05) is 0 Å². The first-order valence-corrected chi connectivity index (χ1v) is 4.54. The average Bonchev–Trinajstić information content (AvgIpc) is 2.02. The maximum Gasteiger partial charge on any atom is 1.00 e. The fourth-order valence-electron chi connectivity index (χ4n) is 1.66. The van der Waals surface area contributed by atoms with Crippen molar-refractivity contribution in [1.82, 2.24) is 4.90 Å². The minimum absolute atomic E-state index is 0. The van der Waals surface area contributed by atoms with Crippen LogP contribution < -0.4 is 51.4 Å². The first-order valence-electron chi connectivity index (χ1n) is 4.54. The predicted molar refractivity (Wildman–Crippen MR) is 45.9 cm³/mol. The Morgan fingerprint density at radius 1 is 1.33 bits per heavy atom. The fourth-order valence-corrected chi connectivity index (χ4v) is 1.66. The van der Waals surface area contributed by atoms with Crippen molar-refractivity contribution in [2.75, 3.05) is 19.5 Å². The molecule has 1 heterocycles. The largest absolute Gasteiger partial charge is 1.00 e. The van der Waals surface area contributed by atoms with E-state index in [4.69, 9.17) is 5.11 Å². The molecule has 82 valence electrons. The number of carboxylic acid groups (broad SMARTS) is 1. The summed E-state index contributed by atoms with van der Waals surface area (Å²) in [5.74, 6) is -1.37. The minimum Gasteiger partial charge on any atom is -0.481 e. The molecule has 0 aromatic carbocycles. The molecule has 8 heteroatoms. The van der Waals surface area contributed by atoms with Gasteiger partial charge in [-0.25, -0.2) is 0 Å². The van der Waals surface area contributed by atoms with Gasteiger partial charge in [0.2, 0.25) is 0 Å². The predicted octanol–water partition coefficient (Wildman–Crippen LogP) is -1.83. The second-order valence-corrected chi connectivity index (χ2v) is 3.62. The summed E-state index contributed by atoms with van der Waals surface area (Å²) >= 11 is 0. The Balaban J connectivity index is 0.00000196. The number of hydrogen-bond acceptors (Lipinski definition) is 2. The monoisotopic (exact) mass is 249 g/mol. The number of hydrogen-bond donors (Lipinski definition) is 1. The number of aliphatic carboxylic acids is 1. The van der Waals surface area contributed by atoms with Crippen LogP contribution in [0.25, 0.3) is 0 Å². The van der Waals surface area contributed by atoms with Gasteiger partial charge >= 0.3 is 64.3 Å². The Morgan fingerprint density at radius 2 is 1.80 bits per heavy atom. The quantitative estimate of drug-likeness (QED) is 0.598. The molecule has 0 aromatic heterocycles. The molecule has 1 aliphatic rings. The molecule has 0 bridgehead atoms. The average molecular weight is 249 g/mol. The molecule has 0 amide bonds. The summed E-state index contributed by atoms with van der Waals surface area (Å²) in [6, 6.07) is 0. The van der Waals surface area contributed by atoms with E-state index in [0.29, 0.717) is 12.8 Å². The van der Waals surface area contributed by atoms with Crippen molar-refractivity contribution in [1.29, 1.82) is 0 Å². The van der Waals surface area contributed by atoms with E-state index in [1.807, 2.05) is 0 Å². The third kappa shape index (κ3) is 6.28. The first kappa shape index (κ1) is 15.9. The summed E-state index contributed by atoms with van der Waals surface area (Å²) in [4.78, 5) is 11.8. The standard InChI is InChI=1S/C7H12BF3NO2.K/c9-8(10,11)5-12-3-1-6(2-4-12)7(13)14;/h6H,1-5H2,(H,13,14);/q-1;+1. The Kier molecular flexibility index (Phi) is 7.01. The third-order valence-electron chi connectivity index (χ3n) is 2.40. The molecule has 3 nitrogen and oxygen atoms in total. The summed E-state index contributed by atoms with van der Waals surface area (Å²) < 4.78 is 36.0. The van der Waals surface area contributed by atoms with Gasteiger partial charge in [0.25, 0.3) is 0 Å². The van der Waals surface area contributed by atoms with Crippen LogP contribution in [0.4, 0.5) is 12.9 Å². The number of likely N-dealkylation sites (tertiary alicyclic amines) is 1. The van der Waals surface area contributed by atoms with Crippen LogP contribution in [0, 0.1) is 5.92 Å². The summed E-state index contributed by atoms with van der Waals surface area (Å²) in [5.41, 5.74) is 0. The van der Waals surface area contributed by atoms with Gasteiger partial charge in [-0.1, -0.05) is 0 Å². The van der Waals surface area contributed by atoms with Gasteiger partial charge in [-0.2, -0.15) is 0 Å². The topological polar surface area (TPSA) is 40.5 Å². The number of halogens is 3. The van der Waals surface area contributed by atoms with Crippen LogP contribution in [0.15, 0.2) is 0 Å². The summed E-state index contributed by atoms with van der Waals surface area (Å²) in [6.45, 7) is -4.31. The SMILES string of the molecule is O=C(O)C1CCN(C[B-](F)(F)F)CC1.[K+]. The summed E-state index contributed by atoms with van der Waals surface area (Å²) in [6.07, 6.45) is -0.227. The van der Waals surface area contributed by atoms with Crippen LogP contribution >= 0.6 is 0 Å². The van der Waals surface area contributed by atoms with E-state index in [-0.39, 0.29) is 64.5 Å². The number of nitrogens with zero attached hydrogens (tertiary/aromatic N) is 1. The van der Waals surface area contributed by atoms with Crippen LogP contribution in [0.2, 0.25) is 0 Å². The van der Waals surface area contributed by atoms with Crippen molar-refractivity contribution < 1.29 is 74.2 Å². The van der Waals surface area contributed by atoms with Gasteiger partial charge in [0.1, 0.15) is 0 Å².